The second-order valence-corrected chi connectivity index (χ2v) is 4.46. The first-order valence-electron chi connectivity index (χ1n) is 5.75. The highest BCUT2D eigenvalue weighted by Crippen LogP contribution is 2.31. The Bertz CT molecular complexity index is 494. The number of hydrogen-bond donors (Lipinski definition) is 1. The summed E-state index contributed by atoms with van der Waals surface area (Å²) in [5.74, 6) is 0. The van der Waals surface area contributed by atoms with Gasteiger partial charge in [-0.1, -0.05) is 6.07 Å². The maximum absolute atomic E-state index is 5.22. The molecular weight excluding hydrogens is 214 g/mol. The number of furan rings is 1. The Kier molecular flexibility index (Phi) is 2.48. The summed E-state index contributed by atoms with van der Waals surface area (Å²) in [6.45, 7) is 0.974. The molecule has 0 aliphatic carbocycles. The first kappa shape index (κ1) is 10.2. The molecule has 88 valence electrons. The fourth-order valence-corrected chi connectivity index (χ4v) is 2.31. The van der Waals surface area contributed by atoms with Crippen molar-refractivity contribution in [1.29, 1.82) is 0 Å². The number of anilines is 2. The molecule has 0 saturated heterocycles. The predicted molar refractivity (Wildman–Crippen MR) is 67.3 cm³/mol. The molecule has 3 heterocycles. The Morgan fingerprint density at radius 3 is 3.29 bits per heavy atom. The van der Waals surface area contributed by atoms with Gasteiger partial charge in [0, 0.05) is 32.0 Å². The SMILES string of the molecule is CN1CC(Cc2cccnc2)Nc2cocc21. The molecule has 0 amide bonds. The zero-order valence-corrected chi connectivity index (χ0v) is 9.76. The summed E-state index contributed by atoms with van der Waals surface area (Å²) in [5.41, 5.74) is 3.46. The van der Waals surface area contributed by atoms with Gasteiger partial charge in [-0.25, -0.2) is 0 Å². The summed E-state index contributed by atoms with van der Waals surface area (Å²) < 4.78 is 5.22. The standard InChI is InChI=1S/C13H15N3O/c1-16-7-11(5-10-3-2-4-14-6-10)15-12-8-17-9-13(12)16/h2-4,6,8-9,11,15H,5,7H2,1H3. The van der Waals surface area contributed by atoms with E-state index in [2.05, 4.69) is 28.3 Å². The van der Waals surface area contributed by atoms with Gasteiger partial charge in [-0.05, 0) is 18.1 Å². The molecule has 2 aromatic rings. The molecule has 1 unspecified atom stereocenters. The third-order valence-electron chi connectivity index (χ3n) is 3.11. The van der Waals surface area contributed by atoms with Crippen molar-refractivity contribution in [3.8, 4) is 0 Å². The number of likely N-dealkylation sites (N-methyl/N-ethyl adjacent to an activating group) is 1. The van der Waals surface area contributed by atoms with Crippen LogP contribution in [0.5, 0.6) is 0 Å². The van der Waals surface area contributed by atoms with E-state index in [4.69, 9.17) is 4.42 Å². The van der Waals surface area contributed by atoms with Crippen LogP contribution in [0.1, 0.15) is 5.56 Å². The Morgan fingerprint density at radius 1 is 1.53 bits per heavy atom. The zero-order chi connectivity index (χ0) is 11.7. The van der Waals surface area contributed by atoms with E-state index >= 15 is 0 Å². The summed E-state index contributed by atoms with van der Waals surface area (Å²) in [6, 6.07) is 4.49. The molecule has 0 bridgehead atoms. The van der Waals surface area contributed by atoms with Gasteiger partial charge in [-0.3, -0.25) is 4.98 Å². The number of nitrogens with one attached hydrogen (secondary N) is 1. The minimum atomic E-state index is 0.397. The van der Waals surface area contributed by atoms with Crippen LogP contribution in [0.2, 0.25) is 0 Å². The van der Waals surface area contributed by atoms with Gasteiger partial charge in [0.15, 0.2) is 0 Å². The van der Waals surface area contributed by atoms with E-state index in [-0.39, 0.29) is 0 Å². The van der Waals surface area contributed by atoms with Crippen LogP contribution in [-0.2, 0) is 6.42 Å². The second kappa shape index (κ2) is 4.13. The average molecular weight is 229 g/mol. The van der Waals surface area contributed by atoms with Crippen molar-refractivity contribution in [3.63, 3.8) is 0 Å². The van der Waals surface area contributed by atoms with Gasteiger partial charge in [0.05, 0.1) is 11.4 Å². The lowest BCUT2D eigenvalue weighted by atomic mass is 10.1. The third-order valence-corrected chi connectivity index (χ3v) is 3.11. The number of rotatable bonds is 2. The highest BCUT2D eigenvalue weighted by Gasteiger charge is 2.22. The summed E-state index contributed by atoms with van der Waals surface area (Å²) in [6.07, 6.45) is 8.25. The molecule has 1 aliphatic heterocycles. The molecule has 3 rings (SSSR count). The van der Waals surface area contributed by atoms with Crippen molar-refractivity contribution < 1.29 is 4.42 Å². The van der Waals surface area contributed by atoms with E-state index in [0.29, 0.717) is 6.04 Å². The van der Waals surface area contributed by atoms with Crippen molar-refractivity contribution >= 4 is 11.4 Å². The lowest BCUT2D eigenvalue weighted by Gasteiger charge is -2.32. The van der Waals surface area contributed by atoms with E-state index in [1.165, 1.54) is 5.56 Å². The minimum absolute atomic E-state index is 0.397. The van der Waals surface area contributed by atoms with E-state index in [1.54, 1.807) is 18.7 Å². The van der Waals surface area contributed by atoms with Crippen molar-refractivity contribution in [2.45, 2.75) is 12.5 Å². The summed E-state index contributed by atoms with van der Waals surface area (Å²) in [5, 5.41) is 3.49. The largest absolute Gasteiger partial charge is 0.468 e. The van der Waals surface area contributed by atoms with E-state index in [0.717, 1.165) is 24.3 Å². The monoisotopic (exact) mass is 229 g/mol. The second-order valence-electron chi connectivity index (χ2n) is 4.46. The molecule has 1 aliphatic rings. The smallest absolute Gasteiger partial charge is 0.116 e. The summed E-state index contributed by atoms with van der Waals surface area (Å²) in [7, 11) is 2.09. The quantitative estimate of drug-likeness (QED) is 0.856. The molecule has 2 aromatic heterocycles. The van der Waals surface area contributed by atoms with Crippen molar-refractivity contribution in [2.75, 3.05) is 23.8 Å². The van der Waals surface area contributed by atoms with Crippen LogP contribution in [0.25, 0.3) is 0 Å². The number of pyridine rings is 1. The molecule has 4 heteroatoms. The van der Waals surface area contributed by atoms with Crippen LogP contribution in [0.4, 0.5) is 11.4 Å². The Labute approximate surface area is 100 Å². The molecule has 0 fully saturated rings. The van der Waals surface area contributed by atoms with Crippen LogP contribution in [0, 0.1) is 0 Å². The number of fused-ring (bicyclic) bond motifs is 1. The predicted octanol–water partition coefficient (Wildman–Crippen LogP) is 2.15. The zero-order valence-electron chi connectivity index (χ0n) is 9.76. The first-order valence-corrected chi connectivity index (χ1v) is 5.75. The molecule has 0 saturated carbocycles. The fourth-order valence-electron chi connectivity index (χ4n) is 2.31. The lowest BCUT2D eigenvalue weighted by molar-refractivity contribution is 0.568. The third kappa shape index (κ3) is 1.98. The topological polar surface area (TPSA) is 41.3 Å². The van der Waals surface area contributed by atoms with Gasteiger partial charge in [0.2, 0.25) is 0 Å². The van der Waals surface area contributed by atoms with Gasteiger partial charge in [0.1, 0.15) is 12.5 Å². The molecule has 0 aromatic carbocycles. The van der Waals surface area contributed by atoms with Gasteiger partial charge >= 0.3 is 0 Å². The van der Waals surface area contributed by atoms with Crippen molar-refractivity contribution in [3.05, 3.63) is 42.6 Å². The van der Waals surface area contributed by atoms with Crippen molar-refractivity contribution in [1.82, 2.24) is 4.98 Å². The summed E-state index contributed by atoms with van der Waals surface area (Å²) >= 11 is 0. The van der Waals surface area contributed by atoms with Crippen LogP contribution in [-0.4, -0.2) is 24.6 Å². The Hall–Kier alpha value is -1.97. The van der Waals surface area contributed by atoms with Crippen LogP contribution < -0.4 is 10.2 Å². The Balaban J connectivity index is 1.76. The van der Waals surface area contributed by atoms with E-state index in [1.807, 2.05) is 12.3 Å². The van der Waals surface area contributed by atoms with Gasteiger partial charge in [0.25, 0.3) is 0 Å². The minimum Gasteiger partial charge on any atom is -0.468 e. The maximum atomic E-state index is 5.22. The lowest BCUT2D eigenvalue weighted by Crippen LogP contribution is -2.40. The van der Waals surface area contributed by atoms with E-state index < -0.39 is 0 Å². The first-order chi connectivity index (χ1) is 8.33. The number of aromatic nitrogens is 1. The maximum Gasteiger partial charge on any atom is 0.116 e. The highest BCUT2D eigenvalue weighted by atomic mass is 16.3. The molecule has 17 heavy (non-hydrogen) atoms. The summed E-state index contributed by atoms with van der Waals surface area (Å²) in [4.78, 5) is 6.36. The average Bonchev–Trinajstić information content (AvgIpc) is 2.79. The number of nitrogens with zero attached hydrogens (tertiary/aromatic N) is 2. The van der Waals surface area contributed by atoms with E-state index in [9.17, 15) is 0 Å². The molecular formula is C13H15N3O. The molecule has 4 nitrogen and oxygen atoms in total. The Morgan fingerprint density at radius 2 is 2.47 bits per heavy atom. The number of hydrogen-bond acceptors (Lipinski definition) is 4. The molecule has 0 spiro atoms. The van der Waals surface area contributed by atoms with Gasteiger partial charge in [-0.2, -0.15) is 0 Å². The molecule has 1 N–H and O–H groups in total. The van der Waals surface area contributed by atoms with Crippen molar-refractivity contribution in [2.24, 2.45) is 0 Å². The highest BCUT2D eigenvalue weighted by molar-refractivity contribution is 5.70. The molecule has 0 radical (unpaired) electrons. The normalized spacial score (nSPS) is 18.6. The fraction of sp³-hybridized carbons (Fsp3) is 0.308. The van der Waals surface area contributed by atoms with Gasteiger partial charge in [-0.15, -0.1) is 0 Å². The van der Waals surface area contributed by atoms with Gasteiger partial charge < -0.3 is 14.6 Å². The molecule has 1 atom stereocenters. The van der Waals surface area contributed by atoms with Crippen LogP contribution in [0.15, 0.2) is 41.5 Å². The van der Waals surface area contributed by atoms with Crippen LogP contribution in [0.3, 0.4) is 0 Å². The van der Waals surface area contributed by atoms with Crippen LogP contribution >= 0.6 is 0 Å².